The summed E-state index contributed by atoms with van der Waals surface area (Å²) in [6.07, 6.45) is 1.14. The molecule has 1 fully saturated rings. The quantitative estimate of drug-likeness (QED) is 0.867. The Morgan fingerprint density at radius 2 is 1.90 bits per heavy atom. The first-order valence-electron chi connectivity index (χ1n) is 6.63. The maximum atomic E-state index is 12.2. The van der Waals surface area contributed by atoms with Gasteiger partial charge in [0.2, 0.25) is 0 Å². The van der Waals surface area contributed by atoms with Crippen molar-refractivity contribution < 1.29 is 23.1 Å². The van der Waals surface area contributed by atoms with Crippen molar-refractivity contribution in [3.8, 4) is 0 Å². The van der Waals surface area contributed by atoms with Gasteiger partial charge in [0, 0.05) is 11.6 Å². The van der Waals surface area contributed by atoms with E-state index in [0.717, 1.165) is 0 Å². The van der Waals surface area contributed by atoms with Crippen molar-refractivity contribution in [1.29, 1.82) is 0 Å². The number of carbonyl (C=O) groups is 2. The topological polar surface area (TPSA) is 101 Å². The van der Waals surface area contributed by atoms with E-state index in [9.17, 15) is 18.0 Å². The third kappa shape index (κ3) is 4.04. The molecule has 1 aliphatic heterocycles. The van der Waals surface area contributed by atoms with Gasteiger partial charge in [-0.3, -0.25) is 4.79 Å². The lowest BCUT2D eigenvalue weighted by Crippen LogP contribution is -2.43. The number of sulfone groups is 1. The highest BCUT2D eigenvalue weighted by Crippen LogP contribution is 2.14. The standard InChI is InChI=1S/C14H17NO5S/c1-9-5-10(7-11(6-9)14(17)18)13(16)15-12-3-2-4-21(19,20)8-12/h5-7,12H,2-4,8H2,1H3,(H,15,16)(H,17,18)/t12-/m0/s1. The number of aromatic carboxylic acids is 1. The number of carboxylic acid groups (broad SMARTS) is 1. The Balaban J connectivity index is 2.15. The monoisotopic (exact) mass is 311 g/mol. The van der Waals surface area contributed by atoms with Crippen LogP contribution in [0.3, 0.4) is 0 Å². The Kier molecular flexibility index (Phi) is 4.32. The van der Waals surface area contributed by atoms with Crippen LogP contribution in [-0.4, -0.2) is 42.9 Å². The second-order valence-corrected chi connectivity index (χ2v) is 7.55. The highest BCUT2D eigenvalue weighted by molar-refractivity contribution is 7.91. The highest BCUT2D eigenvalue weighted by Gasteiger charge is 2.26. The summed E-state index contributed by atoms with van der Waals surface area (Å²) in [4.78, 5) is 23.1. The van der Waals surface area contributed by atoms with Crippen LogP contribution in [0.25, 0.3) is 0 Å². The molecule has 1 aromatic carbocycles. The minimum Gasteiger partial charge on any atom is -0.478 e. The molecule has 114 valence electrons. The molecule has 6 nitrogen and oxygen atoms in total. The van der Waals surface area contributed by atoms with Crippen LogP contribution in [0.1, 0.15) is 39.1 Å². The average molecular weight is 311 g/mol. The van der Waals surface area contributed by atoms with Crippen molar-refractivity contribution in [2.75, 3.05) is 11.5 Å². The molecule has 0 aromatic heterocycles. The fourth-order valence-electron chi connectivity index (χ4n) is 2.44. The molecule has 2 rings (SSSR count). The lowest BCUT2D eigenvalue weighted by molar-refractivity contribution is 0.0696. The van der Waals surface area contributed by atoms with E-state index in [4.69, 9.17) is 5.11 Å². The maximum Gasteiger partial charge on any atom is 0.335 e. The van der Waals surface area contributed by atoms with Crippen molar-refractivity contribution >= 4 is 21.7 Å². The lowest BCUT2D eigenvalue weighted by atomic mass is 10.1. The van der Waals surface area contributed by atoms with Gasteiger partial charge < -0.3 is 10.4 Å². The van der Waals surface area contributed by atoms with Crippen LogP contribution >= 0.6 is 0 Å². The van der Waals surface area contributed by atoms with Crippen molar-refractivity contribution in [3.05, 3.63) is 34.9 Å². The normalized spacial score (nSPS) is 20.7. The van der Waals surface area contributed by atoms with Gasteiger partial charge in [-0.05, 0) is 43.5 Å². The van der Waals surface area contributed by atoms with E-state index in [0.29, 0.717) is 18.4 Å². The van der Waals surface area contributed by atoms with E-state index >= 15 is 0 Å². The van der Waals surface area contributed by atoms with E-state index in [1.54, 1.807) is 13.0 Å². The van der Waals surface area contributed by atoms with E-state index in [1.165, 1.54) is 12.1 Å². The molecule has 1 aromatic rings. The fraction of sp³-hybridized carbons (Fsp3) is 0.429. The van der Waals surface area contributed by atoms with Gasteiger partial charge >= 0.3 is 5.97 Å². The number of rotatable bonds is 3. The first-order chi connectivity index (χ1) is 9.77. The Morgan fingerprint density at radius 3 is 2.52 bits per heavy atom. The number of amides is 1. The molecule has 0 spiro atoms. The molecule has 0 saturated carbocycles. The van der Waals surface area contributed by atoms with Gasteiger partial charge in [-0.15, -0.1) is 0 Å². The number of benzene rings is 1. The third-order valence-corrected chi connectivity index (χ3v) is 5.21. The smallest absolute Gasteiger partial charge is 0.335 e. The second kappa shape index (κ2) is 5.85. The van der Waals surface area contributed by atoms with Crippen LogP contribution in [0.5, 0.6) is 0 Å². The Hall–Kier alpha value is -1.89. The largest absolute Gasteiger partial charge is 0.478 e. The first-order valence-corrected chi connectivity index (χ1v) is 8.45. The van der Waals surface area contributed by atoms with Crippen LogP contribution in [0, 0.1) is 6.92 Å². The predicted molar refractivity (Wildman–Crippen MR) is 77.3 cm³/mol. The summed E-state index contributed by atoms with van der Waals surface area (Å²) >= 11 is 0. The van der Waals surface area contributed by atoms with Crippen molar-refractivity contribution in [2.45, 2.75) is 25.8 Å². The number of hydrogen-bond donors (Lipinski definition) is 2. The van der Waals surface area contributed by atoms with Gasteiger partial charge in [0.05, 0.1) is 17.1 Å². The van der Waals surface area contributed by atoms with Crippen LogP contribution in [-0.2, 0) is 9.84 Å². The molecule has 1 saturated heterocycles. The summed E-state index contributed by atoms with van der Waals surface area (Å²) in [5.41, 5.74) is 0.933. The molecule has 1 aliphatic rings. The zero-order valence-corrected chi connectivity index (χ0v) is 12.4. The minimum absolute atomic E-state index is 0.0383. The summed E-state index contributed by atoms with van der Waals surface area (Å²) in [5, 5.41) is 11.7. The number of aryl methyl sites for hydroxylation is 1. The SMILES string of the molecule is Cc1cc(C(=O)O)cc(C(=O)N[C@H]2CCCS(=O)(=O)C2)c1. The van der Waals surface area contributed by atoms with Gasteiger partial charge in [0.15, 0.2) is 9.84 Å². The summed E-state index contributed by atoms with van der Waals surface area (Å²) in [6, 6.07) is 3.94. The van der Waals surface area contributed by atoms with E-state index < -0.39 is 27.8 Å². The van der Waals surface area contributed by atoms with Gasteiger partial charge in [0.25, 0.3) is 5.91 Å². The Bertz CT molecular complexity index is 681. The van der Waals surface area contributed by atoms with Crippen LogP contribution < -0.4 is 5.32 Å². The number of hydrogen-bond acceptors (Lipinski definition) is 4. The first kappa shape index (κ1) is 15.5. The second-order valence-electron chi connectivity index (χ2n) is 5.32. The van der Waals surface area contributed by atoms with E-state index in [1.807, 2.05) is 0 Å². The van der Waals surface area contributed by atoms with Gasteiger partial charge in [-0.1, -0.05) is 0 Å². The number of nitrogens with one attached hydrogen (secondary N) is 1. The molecule has 1 heterocycles. The van der Waals surface area contributed by atoms with Crippen LogP contribution in [0.4, 0.5) is 0 Å². The molecule has 2 N–H and O–H groups in total. The molecule has 0 unspecified atom stereocenters. The van der Waals surface area contributed by atoms with Crippen LogP contribution in [0.15, 0.2) is 18.2 Å². The maximum absolute atomic E-state index is 12.2. The molecule has 7 heteroatoms. The molecule has 0 aliphatic carbocycles. The zero-order chi connectivity index (χ0) is 15.6. The van der Waals surface area contributed by atoms with Gasteiger partial charge in [-0.2, -0.15) is 0 Å². The highest BCUT2D eigenvalue weighted by atomic mass is 32.2. The molecule has 1 atom stereocenters. The number of carbonyl (C=O) groups excluding carboxylic acids is 1. The summed E-state index contributed by atoms with van der Waals surface area (Å²) in [6.45, 7) is 1.70. The summed E-state index contributed by atoms with van der Waals surface area (Å²) < 4.78 is 23.1. The Morgan fingerprint density at radius 1 is 1.24 bits per heavy atom. The molecular formula is C14H17NO5S. The van der Waals surface area contributed by atoms with Gasteiger partial charge in [-0.25, -0.2) is 13.2 Å². The molecule has 21 heavy (non-hydrogen) atoms. The van der Waals surface area contributed by atoms with Crippen LogP contribution in [0.2, 0.25) is 0 Å². The van der Waals surface area contributed by atoms with Gasteiger partial charge in [0.1, 0.15) is 0 Å². The van der Waals surface area contributed by atoms with E-state index in [2.05, 4.69) is 5.32 Å². The molecule has 0 bridgehead atoms. The third-order valence-electron chi connectivity index (χ3n) is 3.38. The minimum atomic E-state index is -3.10. The lowest BCUT2D eigenvalue weighted by Gasteiger charge is -2.23. The predicted octanol–water partition coefficient (Wildman–Crippen LogP) is 1.00. The zero-order valence-electron chi connectivity index (χ0n) is 11.6. The van der Waals surface area contributed by atoms with E-state index in [-0.39, 0.29) is 22.6 Å². The summed E-state index contributed by atoms with van der Waals surface area (Å²) in [5.74, 6) is -1.44. The average Bonchev–Trinajstić information content (AvgIpc) is 2.36. The van der Waals surface area contributed by atoms with Crippen molar-refractivity contribution in [3.63, 3.8) is 0 Å². The molecular weight excluding hydrogens is 294 g/mol. The fourth-order valence-corrected chi connectivity index (χ4v) is 4.08. The summed E-state index contributed by atoms with van der Waals surface area (Å²) in [7, 11) is -3.10. The number of carboxylic acids is 1. The molecule has 0 radical (unpaired) electrons. The Labute approximate surface area is 123 Å². The van der Waals surface area contributed by atoms with Crippen molar-refractivity contribution in [2.24, 2.45) is 0 Å². The van der Waals surface area contributed by atoms with Crippen molar-refractivity contribution in [1.82, 2.24) is 5.32 Å². The molecule has 1 amide bonds.